The Morgan fingerprint density at radius 1 is 0.651 bits per heavy atom. The Hall–Kier alpha value is -5.92. The second-order valence-electron chi connectivity index (χ2n) is 16.3. The lowest BCUT2D eigenvalue weighted by Gasteiger charge is -2.33. The van der Waals surface area contributed by atoms with E-state index in [1.165, 1.54) is 45.3 Å². The molecule has 4 aromatic heterocycles. The predicted molar refractivity (Wildman–Crippen MR) is 247 cm³/mol. The number of ether oxygens (including phenoxy) is 2. The zero-order valence-electron chi connectivity index (χ0n) is 34.8. The number of benzene rings is 4. The number of aromatic carboxylic acids is 1. The molecule has 0 unspecified atom stereocenters. The minimum Gasteiger partial charge on any atom is -0.488 e. The van der Waals surface area contributed by atoms with E-state index in [2.05, 4.69) is 25.1 Å². The molecule has 326 valence electrons. The van der Waals surface area contributed by atoms with Gasteiger partial charge >= 0.3 is 5.97 Å². The van der Waals surface area contributed by atoms with Crippen LogP contribution in [0.15, 0.2) is 106 Å². The second kappa shape index (κ2) is 19.2. The van der Waals surface area contributed by atoms with Crippen molar-refractivity contribution in [3.05, 3.63) is 130 Å². The molecule has 0 radical (unpaired) electrons. The topological polar surface area (TPSA) is 149 Å². The average molecular weight is 891 g/mol. The summed E-state index contributed by atoms with van der Waals surface area (Å²) in [5.74, 6) is 0.257. The third kappa shape index (κ3) is 10.00. The van der Waals surface area contributed by atoms with Gasteiger partial charge in [0.2, 0.25) is 0 Å². The Bertz CT molecular complexity index is 2860. The van der Waals surface area contributed by atoms with E-state index in [4.69, 9.17) is 46.6 Å². The Kier molecular flexibility index (Phi) is 12.9. The number of nitrogens with zero attached hydrogens (tertiary/aromatic N) is 2. The molecule has 63 heavy (non-hydrogen) atoms. The minimum atomic E-state index is -1.01. The van der Waals surface area contributed by atoms with Gasteiger partial charge in [-0.1, -0.05) is 48.2 Å². The summed E-state index contributed by atoms with van der Waals surface area (Å²) in [6.45, 7) is 7.51. The molecule has 0 bridgehead atoms. The maximum Gasteiger partial charge on any atom is 0.352 e. The number of H-pyrrole nitrogens is 2. The van der Waals surface area contributed by atoms with Crippen LogP contribution in [0, 0.1) is 0 Å². The number of carbonyl (C=O) groups excluding carboxylic acids is 1. The third-order valence-electron chi connectivity index (χ3n) is 12.1. The molecule has 2 aliphatic heterocycles. The Morgan fingerprint density at radius 2 is 1.16 bits per heavy atom. The molecule has 2 fully saturated rings. The first kappa shape index (κ1) is 42.4. The lowest BCUT2D eigenvalue weighted by Crippen LogP contribution is -2.46. The number of aromatic nitrogens is 2. The summed E-state index contributed by atoms with van der Waals surface area (Å²) in [7, 11) is 0. The first-order valence-corrected chi connectivity index (χ1v) is 22.3. The van der Waals surface area contributed by atoms with Crippen molar-refractivity contribution in [3.63, 3.8) is 0 Å². The van der Waals surface area contributed by atoms with Crippen molar-refractivity contribution in [1.29, 1.82) is 0 Å². The highest BCUT2D eigenvalue weighted by Gasteiger charge is 2.23. The number of rotatable bonds is 12. The number of halogens is 2. The van der Waals surface area contributed by atoms with Gasteiger partial charge in [0.25, 0.3) is 5.91 Å². The number of carbonyl (C=O) groups is 2. The van der Waals surface area contributed by atoms with E-state index in [0.717, 1.165) is 87.6 Å². The first-order valence-electron chi connectivity index (χ1n) is 21.5. The van der Waals surface area contributed by atoms with E-state index in [0.29, 0.717) is 40.2 Å². The van der Waals surface area contributed by atoms with Gasteiger partial charge in [-0.3, -0.25) is 4.79 Å². The van der Waals surface area contributed by atoms with Crippen LogP contribution in [0.4, 0.5) is 0 Å². The fourth-order valence-corrected chi connectivity index (χ4v) is 8.94. The average Bonchev–Trinajstić information content (AvgIpc) is 4.07. The molecule has 0 aliphatic carbocycles. The summed E-state index contributed by atoms with van der Waals surface area (Å²) in [6, 6.07) is 25.9. The molecule has 2 aliphatic rings. The monoisotopic (exact) mass is 889 g/mol. The van der Waals surface area contributed by atoms with E-state index < -0.39 is 5.97 Å². The number of amides is 1. The lowest BCUT2D eigenvalue weighted by atomic mass is 10.0. The van der Waals surface area contributed by atoms with Crippen LogP contribution in [0.3, 0.4) is 0 Å². The zero-order valence-corrected chi connectivity index (χ0v) is 36.3. The largest absolute Gasteiger partial charge is 0.488 e. The maximum absolute atomic E-state index is 13.1. The van der Waals surface area contributed by atoms with Crippen molar-refractivity contribution >= 4 is 78.8 Å². The normalized spacial score (nSPS) is 15.4. The molecule has 0 atom stereocenters. The summed E-state index contributed by atoms with van der Waals surface area (Å²) in [5.41, 5.74) is 5.60. The zero-order chi connectivity index (χ0) is 43.3. The predicted octanol–water partition coefficient (Wildman–Crippen LogP) is 11.1. The SMILES string of the molecule is O=C(NC1CCN(CCN2CCCCCC2)CC1)c1cc2c(OCc3coc4ccc(Cl)cc34)cccc2[nH]1.O=C(O)c1cc2c(OCc3coc4ccc(Cl)cc34)cccc2[nH]1. The van der Waals surface area contributed by atoms with Crippen LogP contribution in [0.25, 0.3) is 43.7 Å². The number of likely N-dealkylation sites (tertiary alicyclic amines) is 2. The number of carboxylic acid groups (broad SMARTS) is 1. The van der Waals surface area contributed by atoms with Gasteiger partial charge in [-0.05, 0) is 112 Å². The molecule has 4 N–H and O–H groups in total. The highest BCUT2D eigenvalue weighted by molar-refractivity contribution is 6.31. The summed E-state index contributed by atoms with van der Waals surface area (Å²) >= 11 is 12.2. The Labute approximate surface area is 374 Å². The lowest BCUT2D eigenvalue weighted by molar-refractivity contribution is 0.0691. The molecular formula is C49H49Cl2N5O7. The molecule has 8 aromatic rings. The summed E-state index contributed by atoms with van der Waals surface area (Å²) in [5, 5.41) is 17.1. The molecule has 14 heteroatoms. The quantitative estimate of drug-likeness (QED) is 0.0940. The van der Waals surface area contributed by atoms with Crippen molar-refractivity contribution in [1.82, 2.24) is 25.1 Å². The van der Waals surface area contributed by atoms with Gasteiger partial charge in [-0.25, -0.2) is 4.79 Å². The van der Waals surface area contributed by atoms with Crippen molar-refractivity contribution < 1.29 is 33.0 Å². The van der Waals surface area contributed by atoms with Gasteiger partial charge in [-0.2, -0.15) is 0 Å². The van der Waals surface area contributed by atoms with Gasteiger partial charge in [0, 0.05) is 86.0 Å². The minimum absolute atomic E-state index is 0.0596. The number of nitrogens with one attached hydrogen (secondary N) is 3. The number of hydrogen-bond acceptors (Lipinski definition) is 8. The van der Waals surface area contributed by atoms with E-state index in [-0.39, 0.29) is 17.6 Å². The third-order valence-corrected chi connectivity index (χ3v) is 12.5. The number of piperidine rings is 1. The van der Waals surface area contributed by atoms with Crippen molar-refractivity contribution in [3.8, 4) is 11.5 Å². The smallest absolute Gasteiger partial charge is 0.352 e. The van der Waals surface area contributed by atoms with E-state index in [9.17, 15) is 9.59 Å². The maximum atomic E-state index is 13.1. The fraction of sp³-hybridized carbons (Fsp3) is 0.306. The van der Waals surface area contributed by atoms with Crippen LogP contribution in [0.5, 0.6) is 11.5 Å². The standard InChI is InChI=1S/C31H37ClN4O3.C18H12ClNO4/c32-23-8-9-30-25(18-23)22(21-39-30)20-38-29-7-5-6-27-26(29)19-28(34-27)31(37)33-24-10-14-36(15-11-24)17-16-35-12-3-1-2-4-13-35;19-11-4-5-17-12(6-11)10(9-24-17)8-23-16-3-1-2-14-13(16)7-15(20-14)18(21)22/h5-9,18-19,21,24,34H,1-4,10-17,20H2,(H,33,37);1-7,9,20H,8H2,(H,21,22). The molecule has 0 spiro atoms. The highest BCUT2D eigenvalue weighted by atomic mass is 35.5. The van der Waals surface area contributed by atoms with E-state index >= 15 is 0 Å². The Morgan fingerprint density at radius 3 is 1.70 bits per heavy atom. The van der Waals surface area contributed by atoms with Crippen LogP contribution in [0.1, 0.15) is 70.6 Å². The molecule has 4 aromatic carbocycles. The van der Waals surface area contributed by atoms with Gasteiger partial charge < -0.3 is 48.5 Å². The van der Waals surface area contributed by atoms with Crippen molar-refractivity contribution in [2.45, 2.75) is 57.8 Å². The highest BCUT2D eigenvalue weighted by Crippen LogP contribution is 2.32. The molecule has 12 nitrogen and oxygen atoms in total. The number of furan rings is 2. The summed E-state index contributed by atoms with van der Waals surface area (Å²) < 4.78 is 23.2. The second-order valence-corrected chi connectivity index (χ2v) is 17.2. The summed E-state index contributed by atoms with van der Waals surface area (Å²) in [4.78, 5) is 35.6. The van der Waals surface area contributed by atoms with Gasteiger partial charge in [-0.15, -0.1) is 0 Å². The van der Waals surface area contributed by atoms with Crippen LogP contribution in [-0.2, 0) is 13.2 Å². The number of fused-ring (bicyclic) bond motifs is 4. The molecule has 0 saturated carbocycles. The molecule has 10 rings (SSSR count). The van der Waals surface area contributed by atoms with Gasteiger partial charge in [0.15, 0.2) is 0 Å². The fourth-order valence-electron chi connectivity index (χ4n) is 8.59. The van der Waals surface area contributed by atoms with Crippen molar-refractivity contribution in [2.75, 3.05) is 39.3 Å². The number of aromatic amines is 2. The first-order chi connectivity index (χ1) is 30.7. The van der Waals surface area contributed by atoms with Gasteiger partial charge in [0.05, 0.1) is 12.5 Å². The molecule has 1 amide bonds. The number of carboxylic acids is 1. The number of hydrogen-bond donors (Lipinski definition) is 4. The molecule has 2 saturated heterocycles. The summed E-state index contributed by atoms with van der Waals surface area (Å²) in [6.07, 6.45) is 10.8. The molecule has 6 heterocycles. The van der Waals surface area contributed by atoms with Crippen LogP contribution in [-0.4, -0.2) is 82.1 Å². The van der Waals surface area contributed by atoms with Crippen LogP contribution >= 0.6 is 23.2 Å². The van der Waals surface area contributed by atoms with Gasteiger partial charge in [0.1, 0.15) is 47.3 Å². The van der Waals surface area contributed by atoms with E-state index in [1.54, 1.807) is 30.7 Å². The van der Waals surface area contributed by atoms with Crippen LogP contribution in [0.2, 0.25) is 10.0 Å². The molecular weight excluding hydrogens is 841 g/mol. The van der Waals surface area contributed by atoms with Crippen LogP contribution < -0.4 is 14.8 Å². The van der Waals surface area contributed by atoms with Crippen molar-refractivity contribution in [2.24, 2.45) is 0 Å². The Balaban J connectivity index is 0.000000179. The van der Waals surface area contributed by atoms with E-state index in [1.807, 2.05) is 66.7 Å².